The van der Waals surface area contributed by atoms with E-state index < -0.39 is 11.7 Å². The number of nitrogens with one attached hydrogen (secondary N) is 1. The van der Waals surface area contributed by atoms with Crippen molar-refractivity contribution in [1.82, 2.24) is 10.2 Å². The van der Waals surface area contributed by atoms with Crippen LogP contribution >= 0.6 is 11.6 Å². The molecule has 1 N–H and O–H groups in total. The molecule has 6 heteroatoms. The molecule has 0 saturated carbocycles. The summed E-state index contributed by atoms with van der Waals surface area (Å²) in [6.45, 7) is 8.09. The third-order valence-corrected chi connectivity index (χ3v) is 6.52. The van der Waals surface area contributed by atoms with Gasteiger partial charge in [-0.1, -0.05) is 72.3 Å². The molecule has 0 aliphatic carbocycles. The van der Waals surface area contributed by atoms with Crippen LogP contribution < -0.4 is 5.32 Å². The van der Waals surface area contributed by atoms with E-state index in [1.807, 2.05) is 76.2 Å². The summed E-state index contributed by atoms with van der Waals surface area (Å²) in [6.07, 6.45) is 0.129. The zero-order valence-electron chi connectivity index (χ0n) is 21.8. The highest BCUT2D eigenvalue weighted by Crippen LogP contribution is 2.32. The number of carbonyl (C=O) groups excluding carboxylic acids is 2. The molecule has 0 aromatic heterocycles. The van der Waals surface area contributed by atoms with Gasteiger partial charge in [0.1, 0.15) is 5.60 Å². The number of amides is 2. The fourth-order valence-electron chi connectivity index (χ4n) is 4.43. The minimum Gasteiger partial charge on any atom is -0.444 e. The van der Waals surface area contributed by atoms with E-state index >= 15 is 0 Å². The highest BCUT2D eigenvalue weighted by atomic mass is 35.5. The summed E-state index contributed by atoms with van der Waals surface area (Å²) in [6, 6.07) is 25.6. The molecule has 1 aliphatic heterocycles. The number of nitrogens with zero attached hydrogens (tertiary/aromatic N) is 1. The summed E-state index contributed by atoms with van der Waals surface area (Å²) in [5.74, 6) is -0.208. The van der Waals surface area contributed by atoms with Gasteiger partial charge in [-0.3, -0.25) is 4.79 Å². The zero-order valence-corrected chi connectivity index (χ0v) is 22.5. The Morgan fingerprint density at radius 1 is 0.919 bits per heavy atom. The van der Waals surface area contributed by atoms with Crippen molar-refractivity contribution in [3.63, 3.8) is 0 Å². The molecule has 0 radical (unpaired) electrons. The summed E-state index contributed by atoms with van der Waals surface area (Å²) < 4.78 is 5.60. The average Bonchev–Trinajstić information content (AvgIpc) is 2.88. The van der Waals surface area contributed by atoms with Crippen LogP contribution in [0.4, 0.5) is 4.79 Å². The number of hydrogen-bond acceptors (Lipinski definition) is 3. The molecular weight excluding hydrogens is 484 g/mol. The lowest BCUT2D eigenvalue weighted by Gasteiger charge is -2.33. The first-order chi connectivity index (χ1) is 17.6. The summed E-state index contributed by atoms with van der Waals surface area (Å²) >= 11 is 6.17. The Labute approximate surface area is 224 Å². The van der Waals surface area contributed by atoms with E-state index in [2.05, 4.69) is 29.6 Å². The number of carbonyl (C=O) groups is 2. The Morgan fingerprint density at radius 2 is 1.59 bits per heavy atom. The van der Waals surface area contributed by atoms with Crippen molar-refractivity contribution in [2.24, 2.45) is 0 Å². The van der Waals surface area contributed by atoms with E-state index in [0.29, 0.717) is 23.6 Å². The lowest BCUT2D eigenvalue weighted by Crippen LogP contribution is -2.43. The normalized spacial score (nSPS) is 14.8. The largest absolute Gasteiger partial charge is 0.444 e. The van der Waals surface area contributed by atoms with Gasteiger partial charge in [-0.2, -0.15) is 0 Å². The number of hydrogen-bond donors (Lipinski definition) is 1. The molecular formula is C31H33ClN2O3. The first-order valence-electron chi connectivity index (χ1n) is 12.5. The van der Waals surface area contributed by atoms with Crippen molar-refractivity contribution >= 4 is 29.2 Å². The van der Waals surface area contributed by atoms with Gasteiger partial charge in [0, 0.05) is 17.1 Å². The van der Waals surface area contributed by atoms with Gasteiger partial charge in [-0.15, -0.1) is 0 Å². The fraction of sp³-hybridized carbons (Fsp3) is 0.290. The van der Waals surface area contributed by atoms with E-state index in [1.54, 1.807) is 11.0 Å². The van der Waals surface area contributed by atoms with Crippen LogP contribution in [-0.4, -0.2) is 35.6 Å². The molecule has 0 saturated heterocycles. The average molecular weight is 517 g/mol. The van der Waals surface area contributed by atoms with Crippen LogP contribution in [0.15, 0.2) is 84.4 Å². The van der Waals surface area contributed by atoms with Crippen molar-refractivity contribution in [2.45, 2.75) is 45.8 Å². The maximum atomic E-state index is 13.7. The van der Waals surface area contributed by atoms with Gasteiger partial charge in [-0.25, -0.2) is 4.79 Å². The van der Waals surface area contributed by atoms with Crippen LogP contribution in [0.1, 0.15) is 51.3 Å². The molecule has 3 aromatic rings. The lowest BCUT2D eigenvalue weighted by atomic mass is 9.90. The van der Waals surface area contributed by atoms with Gasteiger partial charge in [-0.05, 0) is 80.1 Å². The van der Waals surface area contributed by atoms with Gasteiger partial charge in [0.05, 0.1) is 12.6 Å². The fourth-order valence-corrected chi connectivity index (χ4v) is 4.63. The highest BCUT2D eigenvalue weighted by Gasteiger charge is 2.31. The predicted molar refractivity (Wildman–Crippen MR) is 149 cm³/mol. The van der Waals surface area contributed by atoms with Crippen molar-refractivity contribution < 1.29 is 14.3 Å². The Bertz CT molecular complexity index is 1310. The van der Waals surface area contributed by atoms with Gasteiger partial charge >= 0.3 is 6.09 Å². The second-order valence-corrected chi connectivity index (χ2v) is 10.7. The minimum atomic E-state index is -0.616. The van der Waals surface area contributed by atoms with Crippen LogP contribution in [0, 0.1) is 0 Å². The first kappa shape index (κ1) is 26.5. The molecule has 3 aromatic carbocycles. The zero-order chi connectivity index (χ0) is 26.6. The molecule has 1 atom stereocenters. The molecule has 4 rings (SSSR count). The minimum absolute atomic E-state index is 0.175. The molecule has 0 spiro atoms. The number of rotatable bonds is 5. The van der Waals surface area contributed by atoms with Crippen LogP contribution in [-0.2, 0) is 9.53 Å². The van der Waals surface area contributed by atoms with E-state index in [9.17, 15) is 9.59 Å². The quantitative estimate of drug-likeness (QED) is 0.387. The molecule has 5 nitrogen and oxygen atoms in total. The topological polar surface area (TPSA) is 58.6 Å². The van der Waals surface area contributed by atoms with E-state index in [-0.39, 0.29) is 18.5 Å². The number of halogens is 1. The van der Waals surface area contributed by atoms with Gasteiger partial charge in [0.25, 0.3) is 0 Å². The number of ether oxygens (including phenoxy) is 1. The molecule has 0 bridgehead atoms. The second-order valence-electron chi connectivity index (χ2n) is 10.3. The van der Waals surface area contributed by atoms with Crippen molar-refractivity contribution in [3.8, 4) is 11.1 Å². The van der Waals surface area contributed by atoms with Gasteiger partial charge in [0.2, 0.25) is 5.91 Å². The Morgan fingerprint density at radius 3 is 2.30 bits per heavy atom. The predicted octanol–water partition coefficient (Wildman–Crippen LogP) is 7.28. The van der Waals surface area contributed by atoms with Crippen molar-refractivity contribution in [3.05, 3.63) is 101 Å². The highest BCUT2D eigenvalue weighted by molar-refractivity contribution is 6.30. The molecule has 192 valence electrons. The second kappa shape index (κ2) is 11.2. The molecule has 0 fully saturated rings. The van der Waals surface area contributed by atoms with Gasteiger partial charge in [0.15, 0.2) is 0 Å². The Hall–Kier alpha value is -3.57. The Kier molecular flexibility index (Phi) is 8.03. The smallest absolute Gasteiger partial charge is 0.410 e. The van der Waals surface area contributed by atoms with E-state index in [4.69, 9.17) is 16.3 Å². The summed E-state index contributed by atoms with van der Waals surface area (Å²) in [5, 5.41) is 3.73. The molecule has 1 heterocycles. The molecule has 1 aliphatic rings. The standard InChI is InChI=1S/C31H33ClN2O3/c1-21(23-12-9-15-26(32)19-23)33-29(35)28-20-34(30(36)37-31(2,3)4)17-16-27(28)25-14-8-13-24(18-25)22-10-6-5-7-11-22/h5-15,18-19,21H,16-17,20H2,1-4H3,(H,33,35). The molecule has 1 unspecified atom stereocenters. The summed E-state index contributed by atoms with van der Waals surface area (Å²) in [4.78, 5) is 28.2. The van der Waals surface area contributed by atoms with Gasteiger partial charge < -0.3 is 15.0 Å². The van der Waals surface area contributed by atoms with Crippen LogP contribution in [0.5, 0.6) is 0 Å². The third-order valence-electron chi connectivity index (χ3n) is 6.29. The monoisotopic (exact) mass is 516 g/mol. The maximum Gasteiger partial charge on any atom is 0.410 e. The number of benzene rings is 3. The molecule has 37 heavy (non-hydrogen) atoms. The Balaban J connectivity index is 1.68. The lowest BCUT2D eigenvalue weighted by molar-refractivity contribution is -0.118. The summed E-state index contributed by atoms with van der Waals surface area (Å²) in [5.41, 5.74) is 4.96. The molecule has 2 amide bonds. The van der Waals surface area contributed by atoms with E-state index in [1.165, 1.54) is 0 Å². The van der Waals surface area contributed by atoms with Crippen molar-refractivity contribution in [2.75, 3.05) is 13.1 Å². The van der Waals surface area contributed by atoms with Crippen molar-refractivity contribution in [1.29, 1.82) is 0 Å². The van der Waals surface area contributed by atoms with Crippen LogP contribution in [0.2, 0.25) is 5.02 Å². The van der Waals surface area contributed by atoms with E-state index in [0.717, 1.165) is 27.8 Å². The van der Waals surface area contributed by atoms with Crippen LogP contribution in [0.3, 0.4) is 0 Å². The summed E-state index contributed by atoms with van der Waals surface area (Å²) in [7, 11) is 0. The SMILES string of the molecule is CC(NC(=O)C1=C(c2cccc(-c3ccccc3)c2)CCN(C(=O)OC(C)(C)C)C1)c1cccc(Cl)c1. The van der Waals surface area contributed by atoms with Crippen LogP contribution in [0.25, 0.3) is 16.7 Å². The third kappa shape index (κ3) is 6.80. The first-order valence-corrected chi connectivity index (χ1v) is 12.9. The maximum absolute atomic E-state index is 13.7.